The third-order valence-electron chi connectivity index (χ3n) is 3.49. The number of fused-ring (bicyclic) bond motifs is 1. The lowest BCUT2D eigenvalue weighted by Gasteiger charge is -2.09. The summed E-state index contributed by atoms with van der Waals surface area (Å²) >= 11 is 9.48. The molecule has 0 bridgehead atoms. The van der Waals surface area contributed by atoms with E-state index in [2.05, 4.69) is 44.7 Å². The fraction of sp³-hybridized carbons (Fsp3) is 0.333. The molecule has 0 fully saturated rings. The highest BCUT2D eigenvalue weighted by Crippen LogP contribution is 2.26. The molecule has 2 aromatic heterocycles. The third kappa shape index (κ3) is 2.49. The van der Waals surface area contributed by atoms with Gasteiger partial charge in [0.25, 0.3) is 0 Å². The second kappa shape index (κ2) is 5.81. The molecule has 3 aromatic rings. The van der Waals surface area contributed by atoms with Crippen molar-refractivity contribution in [2.24, 2.45) is 7.05 Å². The smallest absolute Gasteiger partial charge is 0.163 e. The molecule has 0 N–H and O–H groups in total. The molecule has 3 rings (SSSR count). The number of rotatable bonds is 4. The lowest BCUT2D eigenvalue weighted by molar-refractivity contribution is 0.741. The van der Waals surface area contributed by atoms with E-state index in [-0.39, 0.29) is 0 Å². The van der Waals surface area contributed by atoms with Gasteiger partial charge in [-0.1, -0.05) is 28.9 Å². The molecule has 0 saturated heterocycles. The van der Waals surface area contributed by atoms with Crippen LogP contribution in [0.15, 0.2) is 28.7 Å². The topological polar surface area (TPSA) is 35.6 Å². The van der Waals surface area contributed by atoms with Gasteiger partial charge in [0.2, 0.25) is 0 Å². The van der Waals surface area contributed by atoms with Gasteiger partial charge in [0, 0.05) is 29.5 Å². The molecule has 0 spiro atoms. The lowest BCUT2D eigenvalue weighted by atomic mass is 10.3. The van der Waals surface area contributed by atoms with E-state index in [1.165, 1.54) is 0 Å². The predicted octanol–water partition coefficient (Wildman–Crippen LogP) is 3.87. The highest BCUT2D eigenvalue weighted by atomic mass is 79.9. The summed E-state index contributed by atoms with van der Waals surface area (Å²) in [6.45, 7) is 2.10. The van der Waals surface area contributed by atoms with Crippen LogP contribution in [0, 0.1) is 0 Å². The van der Waals surface area contributed by atoms with Crippen molar-refractivity contribution in [1.29, 1.82) is 0 Å². The lowest BCUT2D eigenvalue weighted by Crippen LogP contribution is -2.06. The zero-order valence-electron chi connectivity index (χ0n) is 12.0. The van der Waals surface area contributed by atoms with E-state index in [1.54, 1.807) is 0 Å². The van der Waals surface area contributed by atoms with E-state index in [1.807, 2.05) is 23.9 Å². The third-order valence-corrected chi connectivity index (χ3v) is 4.17. The first-order valence-electron chi connectivity index (χ1n) is 6.90. The maximum atomic E-state index is 5.95. The molecule has 0 saturated carbocycles. The number of aryl methyl sites for hydroxylation is 3. The summed E-state index contributed by atoms with van der Waals surface area (Å²) in [4.78, 5) is 4.78. The first-order valence-corrected chi connectivity index (χ1v) is 8.23. The first kappa shape index (κ1) is 14.6. The van der Waals surface area contributed by atoms with Crippen molar-refractivity contribution >= 4 is 38.7 Å². The average molecular weight is 368 g/mol. The summed E-state index contributed by atoms with van der Waals surface area (Å²) in [7, 11) is 1.96. The molecule has 110 valence electrons. The van der Waals surface area contributed by atoms with E-state index in [4.69, 9.17) is 16.6 Å². The summed E-state index contributed by atoms with van der Waals surface area (Å²) < 4.78 is 5.09. The van der Waals surface area contributed by atoms with Crippen LogP contribution in [0.5, 0.6) is 0 Å². The van der Waals surface area contributed by atoms with E-state index in [0.29, 0.717) is 5.88 Å². The van der Waals surface area contributed by atoms with Crippen molar-refractivity contribution in [3.05, 3.63) is 40.3 Å². The summed E-state index contributed by atoms with van der Waals surface area (Å²) in [5, 5.41) is 4.57. The zero-order chi connectivity index (χ0) is 15.0. The maximum Gasteiger partial charge on any atom is 0.163 e. The van der Waals surface area contributed by atoms with Crippen LogP contribution in [-0.4, -0.2) is 25.2 Å². The molecule has 0 aliphatic heterocycles. The van der Waals surface area contributed by atoms with Crippen LogP contribution in [0.4, 0.5) is 0 Å². The van der Waals surface area contributed by atoms with Crippen LogP contribution >= 0.6 is 27.5 Å². The van der Waals surface area contributed by atoms with Crippen molar-refractivity contribution in [2.45, 2.75) is 19.8 Å². The summed E-state index contributed by atoms with van der Waals surface area (Å²) in [5.74, 6) is 1.52. The van der Waals surface area contributed by atoms with Gasteiger partial charge in [-0.15, -0.1) is 11.6 Å². The standard InChI is InChI=1S/C15H16BrClN4/c1-3-12-14-15(20(2)19-12)21(13(18-14)7-8-17)11-6-4-5-10(16)9-11/h4-6,9H,3,7-8H2,1-2H3. The highest BCUT2D eigenvalue weighted by Gasteiger charge is 2.19. The molecule has 0 atom stereocenters. The molecule has 6 heteroatoms. The second-order valence-electron chi connectivity index (χ2n) is 4.88. The number of nitrogens with zero attached hydrogens (tertiary/aromatic N) is 4. The van der Waals surface area contributed by atoms with Crippen LogP contribution in [0.2, 0.25) is 0 Å². The van der Waals surface area contributed by atoms with Crippen LogP contribution in [-0.2, 0) is 19.9 Å². The Morgan fingerprint density at radius 2 is 2.14 bits per heavy atom. The van der Waals surface area contributed by atoms with Crippen molar-refractivity contribution in [3.8, 4) is 5.69 Å². The molecule has 0 radical (unpaired) electrons. The van der Waals surface area contributed by atoms with Gasteiger partial charge in [0.05, 0.1) is 5.69 Å². The Morgan fingerprint density at radius 1 is 1.33 bits per heavy atom. The predicted molar refractivity (Wildman–Crippen MR) is 89.3 cm³/mol. The molecule has 0 aliphatic rings. The fourth-order valence-corrected chi connectivity index (χ4v) is 3.16. The quantitative estimate of drug-likeness (QED) is 0.656. The van der Waals surface area contributed by atoms with Crippen LogP contribution in [0.25, 0.3) is 16.9 Å². The van der Waals surface area contributed by atoms with E-state index >= 15 is 0 Å². The van der Waals surface area contributed by atoms with Gasteiger partial charge in [-0.25, -0.2) is 9.67 Å². The minimum atomic E-state index is 0.548. The minimum Gasteiger partial charge on any atom is -0.281 e. The van der Waals surface area contributed by atoms with E-state index in [0.717, 1.165) is 45.7 Å². The first-order chi connectivity index (χ1) is 10.2. The second-order valence-corrected chi connectivity index (χ2v) is 6.17. The van der Waals surface area contributed by atoms with Crippen molar-refractivity contribution in [1.82, 2.24) is 19.3 Å². The van der Waals surface area contributed by atoms with Gasteiger partial charge in [-0.05, 0) is 24.6 Å². The van der Waals surface area contributed by atoms with Crippen molar-refractivity contribution in [3.63, 3.8) is 0 Å². The maximum absolute atomic E-state index is 5.95. The Balaban J connectivity index is 2.32. The SMILES string of the molecule is CCc1nn(C)c2c1nc(CCCl)n2-c1cccc(Br)c1. The molecular weight excluding hydrogens is 352 g/mol. The highest BCUT2D eigenvalue weighted by molar-refractivity contribution is 9.10. The molecule has 0 unspecified atom stereocenters. The molecule has 0 amide bonds. The van der Waals surface area contributed by atoms with Gasteiger partial charge >= 0.3 is 0 Å². The van der Waals surface area contributed by atoms with Gasteiger partial charge in [0.1, 0.15) is 11.3 Å². The van der Waals surface area contributed by atoms with Gasteiger partial charge in [0.15, 0.2) is 5.65 Å². The van der Waals surface area contributed by atoms with Crippen LogP contribution in [0.3, 0.4) is 0 Å². The number of imidazole rings is 1. The van der Waals surface area contributed by atoms with E-state index in [9.17, 15) is 0 Å². The Hall–Kier alpha value is -1.33. The summed E-state index contributed by atoms with van der Waals surface area (Å²) in [6, 6.07) is 8.19. The Bertz CT molecular complexity index is 790. The number of aromatic nitrogens is 4. The Kier molecular flexibility index (Phi) is 4.04. The Labute approximate surface area is 136 Å². The van der Waals surface area contributed by atoms with Gasteiger partial charge in [-0.2, -0.15) is 5.10 Å². The molecule has 2 heterocycles. The van der Waals surface area contributed by atoms with Crippen LogP contribution in [0.1, 0.15) is 18.4 Å². The summed E-state index contributed by atoms with van der Waals surface area (Å²) in [6.07, 6.45) is 1.60. The van der Waals surface area contributed by atoms with Crippen LogP contribution < -0.4 is 0 Å². The van der Waals surface area contributed by atoms with Gasteiger partial charge in [-0.3, -0.25) is 4.57 Å². The number of hydrogen-bond acceptors (Lipinski definition) is 2. The van der Waals surface area contributed by atoms with Gasteiger partial charge < -0.3 is 0 Å². The monoisotopic (exact) mass is 366 g/mol. The Morgan fingerprint density at radius 3 is 2.81 bits per heavy atom. The largest absolute Gasteiger partial charge is 0.281 e. The molecule has 1 aromatic carbocycles. The molecule has 4 nitrogen and oxygen atoms in total. The van der Waals surface area contributed by atoms with E-state index < -0.39 is 0 Å². The minimum absolute atomic E-state index is 0.548. The molecular formula is C15H16BrClN4. The van der Waals surface area contributed by atoms with Crippen molar-refractivity contribution in [2.75, 3.05) is 5.88 Å². The average Bonchev–Trinajstić information content (AvgIpc) is 2.97. The number of alkyl halides is 1. The molecule has 21 heavy (non-hydrogen) atoms. The fourth-order valence-electron chi connectivity index (χ4n) is 2.60. The molecule has 0 aliphatic carbocycles. The number of halogens is 2. The zero-order valence-corrected chi connectivity index (χ0v) is 14.3. The normalized spacial score (nSPS) is 11.4. The summed E-state index contributed by atoms with van der Waals surface area (Å²) in [5.41, 5.74) is 4.08. The number of hydrogen-bond donors (Lipinski definition) is 0. The number of benzene rings is 1. The van der Waals surface area contributed by atoms with Crippen molar-refractivity contribution < 1.29 is 0 Å².